The fourth-order valence-corrected chi connectivity index (χ4v) is 2.95. The predicted octanol–water partition coefficient (Wildman–Crippen LogP) is 4.41. The maximum absolute atomic E-state index is 12.1. The molecule has 0 spiro atoms. The largest absolute Gasteiger partial charge is 0.490 e. The van der Waals surface area contributed by atoms with Crippen molar-refractivity contribution in [1.82, 2.24) is 10.6 Å². The highest BCUT2D eigenvalue weighted by molar-refractivity contribution is 14.0. The van der Waals surface area contributed by atoms with E-state index in [1.165, 1.54) is 0 Å². The zero-order valence-corrected chi connectivity index (χ0v) is 20.0. The van der Waals surface area contributed by atoms with E-state index in [0.29, 0.717) is 37.8 Å². The van der Waals surface area contributed by atoms with E-state index in [4.69, 9.17) is 9.47 Å². The van der Waals surface area contributed by atoms with Crippen LogP contribution in [0.3, 0.4) is 0 Å². The molecule has 32 heavy (non-hydrogen) atoms. The topological polar surface area (TPSA) is 64.1 Å². The summed E-state index contributed by atoms with van der Waals surface area (Å²) in [5.74, 6) is 2.14. The van der Waals surface area contributed by atoms with Gasteiger partial charge in [0.1, 0.15) is 6.61 Å². The van der Waals surface area contributed by atoms with Gasteiger partial charge in [0.15, 0.2) is 17.5 Å². The highest BCUT2D eigenvalue weighted by atomic mass is 127. The van der Waals surface area contributed by atoms with Gasteiger partial charge in [-0.05, 0) is 28.8 Å². The van der Waals surface area contributed by atoms with E-state index >= 15 is 0 Å². The molecule has 0 saturated carbocycles. The molecule has 0 amide bonds. The second-order valence-corrected chi connectivity index (χ2v) is 7.04. The SMILES string of the molecule is CN=C(NCc1ccc(COCC(F)(F)F)cc1)NCc1ccc2c(c1)OCCCO2.I. The molecule has 0 unspecified atom stereocenters. The van der Waals surface area contributed by atoms with Crippen molar-refractivity contribution < 1.29 is 27.4 Å². The van der Waals surface area contributed by atoms with Crippen LogP contribution in [0, 0.1) is 0 Å². The minimum absolute atomic E-state index is 0. The number of rotatable bonds is 7. The van der Waals surface area contributed by atoms with Crippen LogP contribution >= 0.6 is 24.0 Å². The van der Waals surface area contributed by atoms with Gasteiger partial charge in [-0.2, -0.15) is 13.2 Å². The Kier molecular flexibility index (Phi) is 10.4. The zero-order chi connectivity index (χ0) is 22.1. The number of halogens is 4. The molecule has 2 aromatic carbocycles. The van der Waals surface area contributed by atoms with Crippen molar-refractivity contribution in [3.8, 4) is 11.5 Å². The van der Waals surface area contributed by atoms with Crippen LogP contribution in [0.2, 0.25) is 0 Å². The van der Waals surface area contributed by atoms with Crippen LogP contribution in [-0.4, -0.2) is 39.0 Å². The Balaban J connectivity index is 0.00000363. The average molecular weight is 565 g/mol. The van der Waals surface area contributed by atoms with Crippen molar-refractivity contribution in [2.24, 2.45) is 4.99 Å². The Hall–Kier alpha value is -2.21. The summed E-state index contributed by atoms with van der Waals surface area (Å²) < 4.78 is 52.4. The van der Waals surface area contributed by atoms with Crippen LogP contribution in [0.1, 0.15) is 23.1 Å². The number of aliphatic imine (C=N–C) groups is 1. The standard InChI is InChI=1S/C22H26F3N3O3.HI/c1-26-21(28-13-18-7-8-19-20(11-18)31-10-2-9-30-19)27-12-16-3-5-17(6-4-16)14-29-15-22(23,24)25;/h3-8,11H,2,9-10,12-15H2,1H3,(H2,26,27,28);1H. The van der Waals surface area contributed by atoms with Crippen LogP contribution in [0.5, 0.6) is 11.5 Å². The van der Waals surface area contributed by atoms with Crippen molar-refractivity contribution in [2.45, 2.75) is 32.3 Å². The number of ether oxygens (including phenoxy) is 3. The molecule has 0 fully saturated rings. The fraction of sp³-hybridized carbons (Fsp3) is 0.409. The highest BCUT2D eigenvalue weighted by Crippen LogP contribution is 2.30. The van der Waals surface area contributed by atoms with Gasteiger partial charge in [0.25, 0.3) is 0 Å². The lowest BCUT2D eigenvalue weighted by atomic mass is 10.1. The molecule has 0 saturated heterocycles. The molecule has 0 bridgehead atoms. The molecular weight excluding hydrogens is 538 g/mol. The summed E-state index contributed by atoms with van der Waals surface area (Å²) in [4.78, 5) is 4.21. The lowest BCUT2D eigenvalue weighted by Gasteiger charge is -2.14. The second-order valence-electron chi connectivity index (χ2n) is 7.04. The molecule has 0 atom stereocenters. The third-order valence-corrected chi connectivity index (χ3v) is 4.51. The van der Waals surface area contributed by atoms with Gasteiger partial charge in [0.05, 0.1) is 19.8 Å². The van der Waals surface area contributed by atoms with E-state index in [2.05, 4.69) is 20.4 Å². The number of hydrogen-bond acceptors (Lipinski definition) is 4. The maximum atomic E-state index is 12.1. The van der Waals surface area contributed by atoms with Crippen molar-refractivity contribution in [3.05, 3.63) is 59.2 Å². The van der Waals surface area contributed by atoms with Gasteiger partial charge in [0, 0.05) is 26.6 Å². The molecule has 1 aliphatic rings. The summed E-state index contributed by atoms with van der Waals surface area (Å²) in [6.07, 6.45) is -3.45. The molecule has 2 aromatic rings. The average Bonchev–Trinajstić information content (AvgIpc) is 2.99. The number of benzene rings is 2. The summed E-state index contributed by atoms with van der Waals surface area (Å²) in [6.45, 7) is 1.05. The zero-order valence-electron chi connectivity index (χ0n) is 17.7. The van der Waals surface area contributed by atoms with E-state index < -0.39 is 12.8 Å². The van der Waals surface area contributed by atoms with Crippen molar-refractivity contribution in [2.75, 3.05) is 26.9 Å². The van der Waals surface area contributed by atoms with Gasteiger partial charge in [-0.25, -0.2) is 0 Å². The maximum Gasteiger partial charge on any atom is 0.411 e. The fourth-order valence-electron chi connectivity index (χ4n) is 2.95. The van der Waals surface area contributed by atoms with Crippen LogP contribution in [0.15, 0.2) is 47.5 Å². The Morgan fingerprint density at radius 2 is 1.53 bits per heavy atom. The molecule has 0 aromatic heterocycles. The molecule has 0 aliphatic carbocycles. The van der Waals surface area contributed by atoms with Crippen LogP contribution in [-0.2, 0) is 24.4 Å². The molecule has 0 radical (unpaired) electrons. The Morgan fingerprint density at radius 1 is 0.938 bits per heavy atom. The van der Waals surface area contributed by atoms with Gasteiger partial charge in [-0.15, -0.1) is 24.0 Å². The van der Waals surface area contributed by atoms with Crippen LogP contribution in [0.4, 0.5) is 13.2 Å². The quantitative estimate of drug-likeness (QED) is 0.296. The van der Waals surface area contributed by atoms with E-state index in [0.717, 1.165) is 29.0 Å². The van der Waals surface area contributed by atoms with Gasteiger partial charge >= 0.3 is 6.18 Å². The summed E-state index contributed by atoms with van der Waals surface area (Å²) in [5, 5.41) is 6.46. The first-order valence-electron chi connectivity index (χ1n) is 9.98. The summed E-state index contributed by atoms with van der Waals surface area (Å²) >= 11 is 0. The lowest BCUT2D eigenvalue weighted by Crippen LogP contribution is -2.36. The van der Waals surface area contributed by atoms with Gasteiger partial charge in [0.2, 0.25) is 0 Å². The first kappa shape index (κ1) is 26.0. The number of alkyl halides is 3. The van der Waals surface area contributed by atoms with Crippen LogP contribution < -0.4 is 20.1 Å². The van der Waals surface area contributed by atoms with Gasteiger partial charge in [-0.3, -0.25) is 4.99 Å². The summed E-state index contributed by atoms with van der Waals surface area (Å²) in [5.41, 5.74) is 2.69. The van der Waals surface area contributed by atoms with E-state index in [9.17, 15) is 13.2 Å². The van der Waals surface area contributed by atoms with E-state index in [1.807, 2.05) is 30.3 Å². The smallest absolute Gasteiger partial charge is 0.411 e. The monoisotopic (exact) mass is 565 g/mol. The Morgan fingerprint density at radius 3 is 2.19 bits per heavy atom. The van der Waals surface area contributed by atoms with Crippen molar-refractivity contribution in [3.63, 3.8) is 0 Å². The second kappa shape index (κ2) is 12.7. The first-order valence-corrected chi connectivity index (χ1v) is 9.98. The Bertz CT molecular complexity index is 877. The molecule has 10 heteroatoms. The first-order chi connectivity index (χ1) is 14.9. The number of guanidine groups is 1. The summed E-state index contributed by atoms with van der Waals surface area (Å²) in [7, 11) is 1.68. The minimum atomic E-state index is -4.31. The molecule has 1 heterocycles. The molecular formula is C22H27F3IN3O3. The highest BCUT2D eigenvalue weighted by Gasteiger charge is 2.27. The molecule has 2 N–H and O–H groups in total. The predicted molar refractivity (Wildman–Crippen MR) is 127 cm³/mol. The van der Waals surface area contributed by atoms with Gasteiger partial charge < -0.3 is 24.8 Å². The number of fused-ring (bicyclic) bond motifs is 1. The lowest BCUT2D eigenvalue weighted by molar-refractivity contribution is -0.176. The van der Waals surface area contributed by atoms with E-state index in [-0.39, 0.29) is 30.6 Å². The third kappa shape index (κ3) is 8.73. The Labute approximate surface area is 202 Å². The minimum Gasteiger partial charge on any atom is -0.490 e. The number of nitrogens with zero attached hydrogens (tertiary/aromatic N) is 1. The molecule has 1 aliphatic heterocycles. The third-order valence-electron chi connectivity index (χ3n) is 4.51. The van der Waals surface area contributed by atoms with Crippen LogP contribution in [0.25, 0.3) is 0 Å². The molecule has 176 valence electrons. The summed E-state index contributed by atoms with van der Waals surface area (Å²) in [6, 6.07) is 13.0. The van der Waals surface area contributed by atoms with Crippen molar-refractivity contribution >= 4 is 29.9 Å². The van der Waals surface area contributed by atoms with Crippen molar-refractivity contribution in [1.29, 1.82) is 0 Å². The normalized spacial score (nSPS) is 13.7. The molecule has 6 nitrogen and oxygen atoms in total. The molecule has 3 rings (SSSR count). The number of nitrogens with one attached hydrogen (secondary N) is 2. The van der Waals surface area contributed by atoms with Gasteiger partial charge in [-0.1, -0.05) is 30.3 Å². The number of hydrogen-bond donors (Lipinski definition) is 2. The van der Waals surface area contributed by atoms with E-state index in [1.54, 1.807) is 19.2 Å².